The molecular weight excluding hydrogens is 352 g/mol. The molecule has 150 valence electrons. The van der Waals surface area contributed by atoms with E-state index in [-0.39, 0.29) is 11.8 Å². The Labute approximate surface area is 167 Å². The molecule has 0 spiro atoms. The molecule has 1 saturated heterocycles. The summed E-state index contributed by atoms with van der Waals surface area (Å²) in [6, 6.07) is 17.5. The highest BCUT2D eigenvalue weighted by Crippen LogP contribution is 2.34. The molecule has 1 fully saturated rings. The van der Waals surface area contributed by atoms with Crippen molar-refractivity contribution in [3.63, 3.8) is 0 Å². The SMILES string of the molecule is CC(C)(C)OC(=O)N1CCCC(CN(c2ccccc2)c2ccccc2O)C1. The summed E-state index contributed by atoms with van der Waals surface area (Å²) in [4.78, 5) is 16.4. The highest BCUT2D eigenvalue weighted by Gasteiger charge is 2.29. The van der Waals surface area contributed by atoms with Crippen LogP contribution in [0.5, 0.6) is 5.75 Å². The van der Waals surface area contributed by atoms with E-state index in [1.165, 1.54) is 0 Å². The van der Waals surface area contributed by atoms with Gasteiger partial charge in [0.15, 0.2) is 0 Å². The van der Waals surface area contributed by atoms with E-state index in [1.54, 1.807) is 6.07 Å². The van der Waals surface area contributed by atoms with Gasteiger partial charge in [0.1, 0.15) is 11.4 Å². The molecule has 0 radical (unpaired) electrons. The zero-order valence-electron chi connectivity index (χ0n) is 17.0. The Kier molecular flexibility index (Phi) is 6.12. The second-order valence-corrected chi connectivity index (χ2v) is 8.37. The number of benzene rings is 2. The van der Waals surface area contributed by atoms with Crippen LogP contribution in [-0.2, 0) is 4.74 Å². The maximum atomic E-state index is 12.5. The molecule has 1 atom stereocenters. The molecule has 1 heterocycles. The second kappa shape index (κ2) is 8.55. The number of rotatable bonds is 4. The first kappa shape index (κ1) is 20.1. The monoisotopic (exact) mass is 382 g/mol. The minimum absolute atomic E-state index is 0.244. The highest BCUT2D eigenvalue weighted by atomic mass is 16.6. The van der Waals surface area contributed by atoms with Gasteiger partial charge >= 0.3 is 6.09 Å². The Morgan fingerprint density at radius 3 is 2.50 bits per heavy atom. The van der Waals surface area contributed by atoms with E-state index in [0.717, 1.165) is 37.3 Å². The molecule has 5 heteroatoms. The summed E-state index contributed by atoms with van der Waals surface area (Å²) in [5.41, 5.74) is 1.32. The summed E-state index contributed by atoms with van der Waals surface area (Å²) in [5.74, 6) is 0.548. The van der Waals surface area contributed by atoms with Gasteiger partial charge in [-0.2, -0.15) is 0 Å². The van der Waals surface area contributed by atoms with Crippen molar-refractivity contribution >= 4 is 17.5 Å². The van der Waals surface area contributed by atoms with E-state index in [1.807, 2.05) is 74.2 Å². The van der Waals surface area contributed by atoms with Crippen molar-refractivity contribution in [2.45, 2.75) is 39.2 Å². The molecule has 0 bridgehead atoms. The number of hydrogen-bond donors (Lipinski definition) is 1. The molecule has 2 aromatic carbocycles. The molecule has 1 unspecified atom stereocenters. The lowest BCUT2D eigenvalue weighted by Gasteiger charge is -2.37. The van der Waals surface area contributed by atoms with E-state index in [9.17, 15) is 9.90 Å². The van der Waals surface area contributed by atoms with Crippen LogP contribution in [0.2, 0.25) is 0 Å². The second-order valence-electron chi connectivity index (χ2n) is 8.37. The third-order valence-electron chi connectivity index (χ3n) is 4.85. The minimum atomic E-state index is -0.490. The number of hydrogen-bond acceptors (Lipinski definition) is 4. The first-order valence-electron chi connectivity index (χ1n) is 9.92. The van der Waals surface area contributed by atoms with Gasteiger partial charge in [0, 0.05) is 25.3 Å². The van der Waals surface area contributed by atoms with Gasteiger partial charge in [0.2, 0.25) is 0 Å². The number of phenolic OH excluding ortho intramolecular Hbond substituents is 1. The third-order valence-corrected chi connectivity index (χ3v) is 4.85. The Morgan fingerprint density at radius 1 is 1.14 bits per heavy atom. The summed E-state index contributed by atoms with van der Waals surface area (Å²) < 4.78 is 5.55. The van der Waals surface area contributed by atoms with Gasteiger partial charge in [-0.15, -0.1) is 0 Å². The molecule has 28 heavy (non-hydrogen) atoms. The maximum absolute atomic E-state index is 12.5. The third kappa shape index (κ3) is 5.18. The van der Waals surface area contributed by atoms with Crippen LogP contribution in [0.4, 0.5) is 16.2 Å². The van der Waals surface area contributed by atoms with Crippen LogP contribution < -0.4 is 4.90 Å². The minimum Gasteiger partial charge on any atom is -0.506 e. The van der Waals surface area contributed by atoms with Crippen LogP contribution in [0.15, 0.2) is 54.6 Å². The fourth-order valence-corrected chi connectivity index (χ4v) is 3.61. The molecule has 1 N–H and O–H groups in total. The Bertz CT molecular complexity index is 786. The molecule has 0 saturated carbocycles. The molecule has 3 rings (SSSR count). The van der Waals surface area contributed by atoms with Crippen molar-refractivity contribution in [1.29, 1.82) is 0 Å². The van der Waals surface area contributed by atoms with Crippen LogP contribution in [-0.4, -0.2) is 41.3 Å². The smallest absolute Gasteiger partial charge is 0.410 e. The lowest BCUT2D eigenvalue weighted by Crippen LogP contribution is -2.45. The van der Waals surface area contributed by atoms with Crippen molar-refractivity contribution in [1.82, 2.24) is 4.90 Å². The van der Waals surface area contributed by atoms with E-state index in [0.29, 0.717) is 12.5 Å². The van der Waals surface area contributed by atoms with Crippen LogP contribution >= 0.6 is 0 Å². The topological polar surface area (TPSA) is 53.0 Å². The van der Waals surface area contributed by atoms with Gasteiger partial charge in [-0.1, -0.05) is 30.3 Å². The van der Waals surface area contributed by atoms with Gasteiger partial charge in [-0.3, -0.25) is 0 Å². The van der Waals surface area contributed by atoms with E-state index >= 15 is 0 Å². The summed E-state index contributed by atoms with van der Waals surface area (Å²) in [7, 11) is 0. The van der Waals surface area contributed by atoms with Gasteiger partial charge in [0.05, 0.1) is 5.69 Å². The normalized spacial score (nSPS) is 17.2. The molecular formula is C23H30N2O3. The number of carbonyl (C=O) groups excluding carboxylic acids is 1. The molecule has 2 aromatic rings. The molecule has 0 aliphatic carbocycles. The van der Waals surface area contributed by atoms with Crippen molar-refractivity contribution in [2.24, 2.45) is 5.92 Å². The quantitative estimate of drug-likeness (QED) is 0.792. The summed E-state index contributed by atoms with van der Waals surface area (Å²) in [6.07, 6.45) is 1.75. The van der Waals surface area contributed by atoms with Gasteiger partial charge < -0.3 is 19.6 Å². The number of piperidine rings is 1. The van der Waals surface area contributed by atoms with Crippen LogP contribution in [0.1, 0.15) is 33.6 Å². The Morgan fingerprint density at radius 2 is 1.82 bits per heavy atom. The van der Waals surface area contributed by atoms with Crippen LogP contribution in [0.3, 0.4) is 0 Å². The van der Waals surface area contributed by atoms with Gasteiger partial charge in [-0.05, 0) is 63.8 Å². The molecule has 5 nitrogen and oxygen atoms in total. The average molecular weight is 383 g/mol. The summed E-state index contributed by atoms with van der Waals surface area (Å²) in [5, 5.41) is 10.4. The van der Waals surface area contributed by atoms with Crippen molar-refractivity contribution < 1.29 is 14.6 Å². The highest BCUT2D eigenvalue weighted by molar-refractivity contribution is 5.69. The van der Waals surface area contributed by atoms with E-state index < -0.39 is 5.60 Å². The summed E-state index contributed by atoms with van der Waals surface area (Å²) in [6.45, 7) is 7.78. The van der Waals surface area contributed by atoms with Crippen LogP contribution in [0.25, 0.3) is 0 Å². The molecule has 0 aromatic heterocycles. The zero-order valence-corrected chi connectivity index (χ0v) is 17.0. The number of carbonyl (C=O) groups is 1. The maximum Gasteiger partial charge on any atom is 0.410 e. The summed E-state index contributed by atoms with van der Waals surface area (Å²) >= 11 is 0. The number of amides is 1. The zero-order chi connectivity index (χ0) is 20.1. The van der Waals surface area contributed by atoms with Crippen molar-refractivity contribution in [3.05, 3.63) is 54.6 Å². The molecule has 1 aliphatic heterocycles. The Hall–Kier alpha value is -2.69. The fourth-order valence-electron chi connectivity index (χ4n) is 3.61. The largest absolute Gasteiger partial charge is 0.506 e. The van der Waals surface area contributed by atoms with E-state index in [4.69, 9.17) is 4.74 Å². The van der Waals surface area contributed by atoms with E-state index in [2.05, 4.69) is 4.90 Å². The van der Waals surface area contributed by atoms with Gasteiger partial charge in [-0.25, -0.2) is 4.79 Å². The average Bonchev–Trinajstić information content (AvgIpc) is 2.66. The number of para-hydroxylation sites is 3. The predicted molar refractivity (Wildman–Crippen MR) is 112 cm³/mol. The Balaban J connectivity index is 1.77. The molecule has 1 aliphatic rings. The number of ether oxygens (including phenoxy) is 1. The fraction of sp³-hybridized carbons (Fsp3) is 0.435. The number of likely N-dealkylation sites (tertiary alicyclic amines) is 1. The number of anilines is 2. The number of aromatic hydroxyl groups is 1. The lowest BCUT2D eigenvalue weighted by molar-refractivity contribution is 0.0170. The standard InChI is InChI=1S/C23H30N2O3/c1-23(2,3)28-22(27)24-15-9-10-18(16-24)17-25(19-11-5-4-6-12-19)20-13-7-8-14-21(20)26/h4-8,11-14,18,26H,9-10,15-17H2,1-3H3. The number of nitrogens with zero attached hydrogens (tertiary/aromatic N) is 2. The lowest BCUT2D eigenvalue weighted by atomic mass is 9.97. The van der Waals surface area contributed by atoms with Crippen molar-refractivity contribution in [2.75, 3.05) is 24.5 Å². The van der Waals surface area contributed by atoms with Crippen LogP contribution in [0, 0.1) is 5.92 Å². The first-order chi connectivity index (χ1) is 13.3. The predicted octanol–water partition coefficient (Wildman–Crippen LogP) is 5.18. The first-order valence-corrected chi connectivity index (χ1v) is 9.92. The van der Waals surface area contributed by atoms with Crippen molar-refractivity contribution in [3.8, 4) is 5.75 Å². The number of phenols is 1. The molecule has 1 amide bonds. The van der Waals surface area contributed by atoms with Gasteiger partial charge in [0.25, 0.3) is 0 Å².